The van der Waals surface area contributed by atoms with Crippen molar-refractivity contribution in [1.29, 1.82) is 0 Å². The van der Waals surface area contributed by atoms with Gasteiger partial charge in [-0.25, -0.2) is 4.68 Å². The third-order valence-corrected chi connectivity index (χ3v) is 4.66. The molecule has 2 heterocycles. The molecule has 1 saturated carbocycles. The molecule has 2 aromatic heterocycles. The van der Waals surface area contributed by atoms with Crippen LogP contribution in [0.4, 0.5) is 4.39 Å². The normalized spacial score (nSPS) is 18.3. The lowest BCUT2D eigenvalue weighted by Gasteiger charge is -2.36. The molecule has 8 heteroatoms. The van der Waals surface area contributed by atoms with Gasteiger partial charge < -0.3 is 15.1 Å². The molecule has 0 atom stereocenters. The summed E-state index contributed by atoms with van der Waals surface area (Å²) in [5.74, 6) is -0.595. The molecular weight excluding hydrogens is 363 g/mol. The van der Waals surface area contributed by atoms with E-state index in [-0.39, 0.29) is 30.2 Å². The molecule has 2 N–H and O–H groups in total. The SMILES string of the molecule is O=C(Cc1cnn(-c2ccccc2)c1)NC1CC(NC(=O)c2ccc(F)o2)C1. The van der Waals surface area contributed by atoms with E-state index in [1.54, 1.807) is 10.9 Å². The number of aromatic nitrogens is 2. The van der Waals surface area contributed by atoms with Crippen molar-refractivity contribution in [3.05, 3.63) is 72.2 Å². The molecule has 0 radical (unpaired) electrons. The van der Waals surface area contributed by atoms with Crippen LogP contribution in [0.1, 0.15) is 29.0 Å². The summed E-state index contributed by atoms with van der Waals surface area (Å²) in [6, 6.07) is 11.2. The molecule has 2 amide bonds. The van der Waals surface area contributed by atoms with Crippen LogP contribution < -0.4 is 10.6 Å². The molecule has 1 aliphatic rings. The van der Waals surface area contributed by atoms with E-state index in [0.29, 0.717) is 12.8 Å². The fourth-order valence-corrected chi connectivity index (χ4v) is 3.18. The minimum Gasteiger partial charge on any atom is -0.426 e. The van der Waals surface area contributed by atoms with Crippen molar-refractivity contribution in [3.8, 4) is 5.69 Å². The number of nitrogens with zero attached hydrogens (tertiary/aromatic N) is 2. The summed E-state index contributed by atoms with van der Waals surface area (Å²) in [7, 11) is 0. The Morgan fingerprint density at radius 3 is 2.57 bits per heavy atom. The highest BCUT2D eigenvalue weighted by molar-refractivity contribution is 5.91. The predicted octanol–water partition coefficient (Wildman–Crippen LogP) is 2.22. The number of rotatable bonds is 6. The van der Waals surface area contributed by atoms with Crippen LogP contribution in [0.3, 0.4) is 0 Å². The molecule has 28 heavy (non-hydrogen) atoms. The number of carbonyl (C=O) groups excluding carboxylic acids is 2. The highest BCUT2D eigenvalue weighted by atomic mass is 19.1. The molecule has 0 spiro atoms. The topological polar surface area (TPSA) is 89.2 Å². The maximum atomic E-state index is 12.8. The second kappa shape index (κ2) is 7.67. The minimum absolute atomic E-state index is 0.00954. The zero-order chi connectivity index (χ0) is 19.5. The lowest BCUT2D eigenvalue weighted by atomic mass is 9.86. The Hall–Kier alpha value is -3.42. The fraction of sp³-hybridized carbons (Fsp3) is 0.250. The molecule has 0 saturated heterocycles. The van der Waals surface area contributed by atoms with Crippen molar-refractivity contribution in [1.82, 2.24) is 20.4 Å². The van der Waals surface area contributed by atoms with Gasteiger partial charge in [0.15, 0.2) is 5.76 Å². The summed E-state index contributed by atoms with van der Waals surface area (Å²) in [5, 5.41) is 9.99. The Labute approximate surface area is 160 Å². The van der Waals surface area contributed by atoms with Gasteiger partial charge >= 0.3 is 0 Å². The van der Waals surface area contributed by atoms with Gasteiger partial charge in [-0.3, -0.25) is 9.59 Å². The van der Waals surface area contributed by atoms with Gasteiger partial charge in [-0.1, -0.05) is 18.2 Å². The van der Waals surface area contributed by atoms with E-state index in [0.717, 1.165) is 17.3 Å². The fourth-order valence-electron chi connectivity index (χ4n) is 3.18. The quantitative estimate of drug-likeness (QED) is 0.684. The zero-order valence-electron chi connectivity index (χ0n) is 15.0. The average Bonchev–Trinajstić information content (AvgIpc) is 3.29. The van der Waals surface area contributed by atoms with E-state index >= 15 is 0 Å². The van der Waals surface area contributed by atoms with Gasteiger partial charge in [-0.05, 0) is 36.6 Å². The van der Waals surface area contributed by atoms with Gasteiger partial charge in [-0.2, -0.15) is 9.49 Å². The van der Waals surface area contributed by atoms with Crippen LogP contribution in [-0.2, 0) is 11.2 Å². The maximum absolute atomic E-state index is 12.8. The molecule has 0 unspecified atom stereocenters. The Morgan fingerprint density at radius 1 is 1.11 bits per heavy atom. The molecule has 1 aliphatic carbocycles. The van der Waals surface area contributed by atoms with Crippen LogP contribution in [0.15, 0.2) is 59.3 Å². The van der Waals surface area contributed by atoms with Crippen molar-refractivity contribution >= 4 is 11.8 Å². The molecule has 0 aliphatic heterocycles. The first-order valence-corrected chi connectivity index (χ1v) is 9.01. The number of carbonyl (C=O) groups is 2. The second-order valence-corrected chi connectivity index (χ2v) is 6.82. The third kappa shape index (κ3) is 4.11. The molecular formula is C20H19FN4O3. The van der Waals surface area contributed by atoms with Crippen LogP contribution in [0.5, 0.6) is 0 Å². The van der Waals surface area contributed by atoms with E-state index in [1.165, 1.54) is 6.07 Å². The Bertz CT molecular complexity index is 976. The van der Waals surface area contributed by atoms with Crippen LogP contribution in [0, 0.1) is 6.01 Å². The van der Waals surface area contributed by atoms with Gasteiger partial charge in [0.25, 0.3) is 11.9 Å². The van der Waals surface area contributed by atoms with Crippen LogP contribution in [-0.4, -0.2) is 33.7 Å². The van der Waals surface area contributed by atoms with Crippen LogP contribution in [0.25, 0.3) is 5.69 Å². The highest BCUT2D eigenvalue weighted by Gasteiger charge is 2.32. The number of para-hydroxylation sites is 1. The Kier molecular flexibility index (Phi) is 4.92. The molecule has 1 aromatic carbocycles. The van der Waals surface area contributed by atoms with E-state index in [1.807, 2.05) is 36.5 Å². The molecule has 3 aromatic rings. The van der Waals surface area contributed by atoms with E-state index in [9.17, 15) is 14.0 Å². The standard InChI is InChI=1S/C20H19FN4O3/c21-18-7-6-17(28-18)20(27)24-15-9-14(10-15)23-19(26)8-13-11-22-25(12-13)16-4-2-1-3-5-16/h1-7,11-12,14-15H,8-10H2,(H,23,26)(H,24,27). The minimum atomic E-state index is -0.792. The third-order valence-electron chi connectivity index (χ3n) is 4.66. The second-order valence-electron chi connectivity index (χ2n) is 6.82. The predicted molar refractivity (Wildman–Crippen MR) is 98.4 cm³/mol. The first-order valence-electron chi connectivity index (χ1n) is 9.01. The van der Waals surface area contributed by atoms with Crippen LogP contribution in [0.2, 0.25) is 0 Å². The number of hydrogen-bond acceptors (Lipinski definition) is 4. The Morgan fingerprint density at radius 2 is 1.86 bits per heavy atom. The smallest absolute Gasteiger partial charge is 0.287 e. The number of amides is 2. The van der Waals surface area contributed by atoms with Crippen molar-refractivity contribution < 1.29 is 18.4 Å². The number of furan rings is 1. The maximum Gasteiger partial charge on any atom is 0.287 e. The first-order chi connectivity index (χ1) is 13.6. The van der Waals surface area contributed by atoms with E-state index in [2.05, 4.69) is 20.1 Å². The first kappa shape index (κ1) is 18.0. The summed E-state index contributed by atoms with van der Waals surface area (Å²) in [6.45, 7) is 0. The monoisotopic (exact) mass is 382 g/mol. The number of nitrogens with one attached hydrogen (secondary N) is 2. The number of halogens is 1. The summed E-state index contributed by atoms with van der Waals surface area (Å²) >= 11 is 0. The molecule has 0 bridgehead atoms. The van der Waals surface area contributed by atoms with Crippen molar-refractivity contribution in [2.75, 3.05) is 0 Å². The average molecular weight is 382 g/mol. The molecule has 1 fully saturated rings. The number of hydrogen-bond donors (Lipinski definition) is 2. The van der Waals surface area contributed by atoms with Gasteiger partial charge in [0.2, 0.25) is 5.91 Å². The lowest BCUT2D eigenvalue weighted by molar-refractivity contribution is -0.121. The largest absolute Gasteiger partial charge is 0.426 e. The lowest BCUT2D eigenvalue weighted by Crippen LogP contribution is -2.53. The van der Waals surface area contributed by atoms with E-state index < -0.39 is 11.9 Å². The molecule has 144 valence electrons. The highest BCUT2D eigenvalue weighted by Crippen LogP contribution is 2.21. The molecule has 7 nitrogen and oxygen atoms in total. The summed E-state index contributed by atoms with van der Waals surface area (Å²) in [4.78, 5) is 24.1. The zero-order valence-corrected chi connectivity index (χ0v) is 15.0. The van der Waals surface area contributed by atoms with Crippen molar-refractivity contribution in [2.45, 2.75) is 31.3 Å². The summed E-state index contributed by atoms with van der Waals surface area (Å²) in [5.41, 5.74) is 1.76. The summed E-state index contributed by atoms with van der Waals surface area (Å²) in [6.07, 6.45) is 5.01. The van der Waals surface area contributed by atoms with Crippen molar-refractivity contribution in [3.63, 3.8) is 0 Å². The van der Waals surface area contributed by atoms with Gasteiger partial charge in [0, 0.05) is 24.3 Å². The van der Waals surface area contributed by atoms with Gasteiger partial charge in [0.05, 0.1) is 18.3 Å². The molecule has 4 rings (SSSR count). The van der Waals surface area contributed by atoms with Gasteiger partial charge in [0.1, 0.15) is 0 Å². The van der Waals surface area contributed by atoms with Crippen LogP contribution >= 0.6 is 0 Å². The Balaban J connectivity index is 1.22. The number of benzene rings is 1. The van der Waals surface area contributed by atoms with Gasteiger partial charge in [-0.15, -0.1) is 0 Å². The summed E-state index contributed by atoms with van der Waals surface area (Å²) < 4.78 is 19.2. The van der Waals surface area contributed by atoms with E-state index in [4.69, 9.17) is 0 Å². The van der Waals surface area contributed by atoms with Crippen molar-refractivity contribution in [2.24, 2.45) is 0 Å².